The summed E-state index contributed by atoms with van der Waals surface area (Å²) in [5.74, 6) is -0.409. The summed E-state index contributed by atoms with van der Waals surface area (Å²) in [6.45, 7) is 1.80. The van der Waals surface area contributed by atoms with Crippen molar-refractivity contribution in [2.24, 2.45) is 0 Å². The van der Waals surface area contributed by atoms with Crippen molar-refractivity contribution < 1.29 is 4.79 Å². The number of carbonyl (C=O) groups excluding carboxylic acids is 1. The molecule has 92 valence electrons. The zero-order valence-corrected chi connectivity index (χ0v) is 10.8. The molecule has 1 N–H and O–H groups in total. The summed E-state index contributed by atoms with van der Waals surface area (Å²) in [6, 6.07) is 1.71. The van der Waals surface area contributed by atoms with Crippen LogP contribution in [-0.2, 0) is 0 Å². The Morgan fingerprint density at radius 3 is 2.72 bits per heavy atom. The number of nitrogens with zero attached hydrogens (tertiary/aromatic N) is 3. The highest BCUT2D eigenvalue weighted by Gasteiger charge is 2.09. The summed E-state index contributed by atoms with van der Waals surface area (Å²) in [7, 11) is 0. The van der Waals surface area contributed by atoms with E-state index >= 15 is 0 Å². The molecule has 2 rings (SSSR count). The molecule has 0 aliphatic heterocycles. The van der Waals surface area contributed by atoms with Gasteiger partial charge in [-0.25, -0.2) is 9.97 Å². The summed E-state index contributed by atoms with van der Waals surface area (Å²) in [5.41, 5.74) is 1.44. The highest BCUT2D eigenvalue weighted by atomic mass is 35.5. The molecule has 0 aliphatic carbocycles. The molecule has 0 aromatic carbocycles. The van der Waals surface area contributed by atoms with Gasteiger partial charge in [0, 0.05) is 0 Å². The zero-order valence-electron chi connectivity index (χ0n) is 9.32. The number of nitrogens with one attached hydrogen (secondary N) is 1. The monoisotopic (exact) mass is 282 g/mol. The van der Waals surface area contributed by atoms with Crippen molar-refractivity contribution in [1.82, 2.24) is 15.0 Å². The molecule has 5 nitrogen and oxygen atoms in total. The Kier molecular flexibility index (Phi) is 3.74. The molecule has 0 bridgehead atoms. The number of carbonyl (C=O) groups is 1. The minimum absolute atomic E-state index is 0.134. The third-order valence-electron chi connectivity index (χ3n) is 2.11. The van der Waals surface area contributed by atoms with Gasteiger partial charge >= 0.3 is 0 Å². The quantitative estimate of drug-likeness (QED) is 0.860. The first-order valence-electron chi connectivity index (χ1n) is 4.97. The maximum absolute atomic E-state index is 11.8. The van der Waals surface area contributed by atoms with E-state index in [2.05, 4.69) is 20.3 Å². The summed E-state index contributed by atoms with van der Waals surface area (Å²) < 4.78 is 0. The van der Waals surface area contributed by atoms with Crippen LogP contribution in [-0.4, -0.2) is 20.9 Å². The third kappa shape index (κ3) is 2.94. The lowest BCUT2D eigenvalue weighted by molar-refractivity contribution is 0.102. The highest BCUT2D eigenvalue weighted by Crippen LogP contribution is 2.16. The van der Waals surface area contributed by atoms with Crippen molar-refractivity contribution in [3.63, 3.8) is 0 Å². The Bertz CT molecular complexity index is 603. The van der Waals surface area contributed by atoms with Crippen molar-refractivity contribution >= 4 is 34.8 Å². The molecule has 0 saturated heterocycles. The maximum Gasteiger partial charge on any atom is 0.275 e. The standard InChI is InChI=1S/C11H8Cl2N4O/c1-6-2-7(3-15-10(6)13)16-11(18)8-4-14-5-9(12)17-8/h2-5H,1H3,(H,16,18). The fourth-order valence-corrected chi connectivity index (χ4v) is 1.52. The summed E-state index contributed by atoms with van der Waals surface area (Å²) >= 11 is 11.4. The smallest absolute Gasteiger partial charge is 0.275 e. The van der Waals surface area contributed by atoms with Crippen molar-refractivity contribution in [2.75, 3.05) is 5.32 Å². The Morgan fingerprint density at radius 2 is 2.06 bits per heavy atom. The van der Waals surface area contributed by atoms with Crippen molar-refractivity contribution in [2.45, 2.75) is 6.92 Å². The average Bonchev–Trinajstić information content (AvgIpc) is 2.34. The maximum atomic E-state index is 11.8. The van der Waals surface area contributed by atoms with Gasteiger partial charge in [0.15, 0.2) is 0 Å². The molecule has 2 aromatic heterocycles. The molecule has 1 amide bonds. The average molecular weight is 283 g/mol. The number of anilines is 1. The number of halogens is 2. The van der Waals surface area contributed by atoms with Crippen LogP contribution in [0.4, 0.5) is 5.69 Å². The van der Waals surface area contributed by atoms with Gasteiger partial charge in [0.2, 0.25) is 0 Å². The third-order valence-corrected chi connectivity index (χ3v) is 2.69. The lowest BCUT2D eigenvalue weighted by Crippen LogP contribution is -2.14. The van der Waals surface area contributed by atoms with Crippen LogP contribution >= 0.6 is 23.2 Å². The Morgan fingerprint density at radius 1 is 1.28 bits per heavy atom. The van der Waals surface area contributed by atoms with Gasteiger partial charge in [-0.15, -0.1) is 0 Å². The predicted octanol–water partition coefficient (Wildman–Crippen LogP) is 2.74. The minimum Gasteiger partial charge on any atom is -0.319 e. The minimum atomic E-state index is -0.409. The molecule has 7 heteroatoms. The summed E-state index contributed by atoms with van der Waals surface area (Å²) in [4.78, 5) is 23.4. The molecule has 18 heavy (non-hydrogen) atoms. The summed E-state index contributed by atoms with van der Waals surface area (Å²) in [5, 5.41) is 3.19. The Labute approximate surface area is 113 Å². The first kappa shape index (κ1) is 12.7. The van der Waals surface area contributed by atoms with Gasteiger partial charge in [-0.1, -0.05) is 23.2 Å². The second kappa shape index (κ2) is 5.29. The van der Waals surface area contributed by atoms with Crippen LogP contribution in [0, 0.1) is 6.92 Å². The SMILES string of the molecule is Cc1cc(NC(=O)c2cncc(Cl)n2)cnc1Cl. The second-order valence-electron chi connectivity index (χ2n) is 3.51. The molecule has 0 radical (unpaired) electrons. The van der Waals surface area contributed by atoms with E-state index in [0.717, 1.165) is 5.56 Å². The van der Waals surface area contributed by atoms with Crippen LogP contribution in [0.3, 0.4) is 0 Å². The fourth-order valence-electron chi connectivity index (χ4n) is 1.27. The van der Waals surface area contributed by atoms with E-state index in [1.807, 2.05) is 0 Å². The van der Waals surface area contributed by atoms with Gasteiger partial charge in [-0.3, -0.25) is 9.78 Å². The number of hydrogen-bond donors (Lipinski definition) is 1. The topological polar surface area (TPSA) is 67.8 Å². The predicted molar refractivity (Wildman–Crippen MR) is 69.0 cm³/mol. The Hall–Kier alpha value is -1.72. The zero-order chi connectivity index (χ0) is 13.1. The lowest BCUT2D eigenvalue weighted by Gasteiger charge is -2.05. The van der Waals surface area contributed by atoms with Crippen LogP contribution in [0.1, 0.15) is 16.1 Å². The largest absolute Gasteiger partial charge is 0.319 e. The van der Waals surface area contributed by atoms with Gasteiger partial charge in [0.1, 0.15) is 16.0 Å². The summed E-state index contributed by atoms with van der Waals surface area (Å²) in [6.07, 6.45) is 4.15. The molecule has 0 spiro atoms. The first-order chi connectivity index (χ1) is 8.56. The van der Waals surface area contributed by atoms with Crippen LogP contribution in [0.5, 0.6) is 0 Å². The molecule has 0 saturated carbocycles. The molecular formula is C11H8Cl2N4O. The van der Waals surface area contributed by atoms with Crippen LogP contribution in [0.2, 0.25) is 10.3 Å². The van der Waals surface area contributed by atoms with Crippen molar-refractivity contribution in [3.05, 3.63) is 46.2 Å². The van der Waals surface area contributed by atoms with Crippen LogP contribution in [0.15, 0.2) is 24.7 Å². The van der Waals surface area contributed by atoms with E-state index in [-0.39, 0.29) is 10.8 Å². The number of hydrogen-bond acceptors (Lipinski definition) is 4. The first-order valence-corrected chi connectivity index (χ1v) is 5.73. The highest BCUT2D eigenvalue weighted by molar-refractivity contribution is 6.30. The van der Waals surface area contributed by atoms with Gasteiger partial charge in [-0.05, 0) is 18.6 Å². The van der Waals surface area contributed by atoms with Crippen molar-refractivity contribution in [3.8, 4) is 0 Å². The van der Waals surface area contributed by atoms with Crippen LogP contribution < -0.4 is 5.32 Å². The van der Waals surface area contributed by atoms with Crippen LogP contribution in [0.25, 0.3) is 0 Å². The molecule has 2 heterocycles. The van der Waals surface area contributed by atoms with E-state index < -0.39 is 5.91 Å². The van der Waals surface area contributed by atoms with Gasteiger partial charge in [-0.2, -0.15) is 0 Å². The molecular weight excluding hydrogens is 275 g/mol. The second-order valence-corrected chi connectivity index (χ2v) is 4.26. The van der Waals surface area contributed by atoms with Crippen molar-refractivity contribution in [1.29, 1.82) is 0 Å². The van der Waals surface area contributed by atoms with E-state index in [4.69, 9.17) is 23.2 Å². The number of aryl methyl sites for hydroxylation is 1. The molecule has 0 fully saturated rings. The molecule has 0 atom stereocenters. The number of rotatable bonds is 2. The van der Waals surface area contributed by atoms with E-state index in [9.17, 15) is 4.79 Å². The number of amides is 1. The Balaban J connectivity index is 2.18. The lowest BCUT2D eigenvalue weighted by atomic mass is 10.3. The van der Waals surface area contributed by atoms with E-state index in [0.29, 0.717) is 10.8 Å². The van der Waals surface area contributed by atoms with E-state index in [1.165, 1.54) is 18.6 Å². The molecule has 2 aromatic rings. The molecule has 0 aliphatic rings. The van der Waals surface area contributed by atoms with E-state index in [1.54, 1.807) is 13.0 Å². The number of aromatic nitrogens is 3. The normalized spacial score (nSPS) is 10.2. The van der Waals surface area contributed by atoms with Gasteiger partial charge in [0.25, 0.3) is 5.91 Å². The van der Waals surface area contributed by atoms with Gasteiger partial charge in [0.05, 0.1) is 24.3 Å². The number of pyridine rings is 1. The van der Waals surface area contributed by atoms with Gasteiger partial charge < -0.3 is 5.32 Å². The fraction of sp³-hybridized carbons (Fsp3) is 0.0909. The molecule has 0 unspecified atom stereocenters.